The van der Waals surface area contributed by atoms with Crippen LogP contribution in [0.4, 0.5) is 0 Å². The van der Waals surface area contributed by atoms with Gasteiger partial charge in [-0.15, -0.1) is 0 Å². The minimum absolute atomic E-state index is 0.0257. The van der Waals surface area contributed by atoms with Crippen LogP contribution in [0.25, 0.3) is 0 Å². The van der Waals surface area contributed by atoms with Gasteiger partial charge in [0.05, 0.1) is 11.7 Å². The van der Waals surface area contributed by atoms with E-state index < -0.39 is 0 Å². The maximum atomic E-state index is 5.62. The molecule has 1 aromatic carbocycles. The molecule has 3 N–H and O–H groups in total. The summed E-state index contributed by atoms with van der Waals surface area (Å²) in [4.78, 5) is 0. The molecule has 2 aromatic rings. The Morgan fingerprint density at radius 1 is 1.44 bits per heavy atom. The predicted molar refractivity (Wildman–Crippen MR) is 71.5 cm³/mol. The molecule has 84 valence electrons. The lowest BCUT2D eigenvalue weighted by atomic mass is 10.0. The molecule has 4 nitrogen and oxygen atoms in total. The Labute approximate surface area is 108 Å². The van der Waals surface area contributed by atoms with Crippen LogP contribution in [0.15, 0.2) is 36.5 Å². The summed E-state index contributed by atoms with van der Waals surface area (Å²) in [7, 11) is 1.91. The van der Waals surface area contributed by atoms with Crippen molar-refractivity contribution in [1.29, 1.82) is 0 Å². The van der Waals surface area contributed by atoms with Crippen molar-refractivity contribution in [2.75, 3.05) is 0 Å². The minimum atomic E-state index is -0.0257. The van der Waals surface area contributed by atoms with Crippen LogP contribution in [0, 0.1) is 3.57 Å². The second kappa shape index (κ2) is 4.94. The Kier molecular flexibility index (Phi) is 3.57. The molecule has 0 bridgehead atoms. The number of aryl methyl sites for hydroxylation is 1. The van der Waals surface area contributed by atoms with Crippen LogP contribution in [0.3, 0.4) is 0 Å². The molecule has 1 unspecified atom stereocenters. The highest BCUT2D eigenvalue weighted by molar-refractivity contribution is 14.1. The molecule has 16 heavy (non-hydrogen) atoms. The molecule has 0 amide bonds. The fraction of sp³-hybridized carbons (Fsp3) is 0.182. The Morgan fingerprint density at radius 3 is 2.81 bits per heavy atom. The van der Waals surface area contributed by atoms with E-state index in [0.29, 0.717) is 0 Å². The number of rotatable bonds is 3. The first-order valence-electron chi connectivity index (χ1n) is 4.92. The number of benzene rings is 1. The van der Waals surface area contributed by atoms with Gasteiger partial charge in [-0.25, -0.2) is 5.43 Å². The third kappa shape index (κ3) is 2.26. The van der Waals surface area contributed by atoms with E-state index in [0.717, 1.165) is 11.3 Å². The molecule has 0 radical (unpaired) electrons. The molecule has 0 fully saturated rings. The summed E-state index contributed by atoms with van der Waals surface area (Å²) in [6, 6.07) is 10.2. The number of hydrogen-bond donors (Lipinski definition) is 2. The van der Waals surface area contributed by atoms with Gasteiger partial charge in [-0.05, 0) is 46.4 Å². The van der Waals surface area contributed by atoms with E-state index in [4.69, 9.17) is 5.84 Å². The average molecular weight is 328 g/mol. The summed E-state index contributed by atoms with van der Waals surface area (Å²) in [6.07, 6.45) is 1.77. The maximum absolute atomic E-state index is 5.62. The van der Waals surface area contributed by atoms with E-state index in [1.807, 2.05) is 23.9 Å². The highest BCUT2D eigenvalue weighted by Crippen LogP contribution is 2.21. The zero-order valence-electron chi connectivity index (χ0n) is 8.89. The SMILES string of the molecule is Cn1nccc1C(NN)c1cccc(I)c1. The van der Waals surface area contributed by atoms with Gasteiger partial charge in [0, 0.05) is 16.8 Å². The topological polar surface area (TPSA) is 55.9 Å². The molecule has 5 heteroatoms. The van der Waals surface area contributed by atoms with Crippen LogP contribution in [0.2, 0.25) is 0 Å². The largest absolute Gasteiger partial charge is 0.271 e. The summed E-state index contributed by atoms with van der Waals surface area (Å²) >= 11 is 2.29. The third-order valence-corrected chi connectivity index (χ3v) is 3.17. The number of hydrazine groups is 1. The molecule has 1 heterocycles. The number of nitrogens with one attached hydrogen (secondary N) is 1. The zero-order valence-corrected chi connectivity index (χ0v) is 11.0. The first-order valence-corrected chi connectivity index (χ1v) is 5.99. The van der Waals surface area contributed by atoms with Gasteiger partial charge in [-0.2, -0.15) is 5.10 Å². The van der Waals surface area contributed by atoms with Gasteiger partial charge < -0.3 is 0 Å². The number of nitrogens with zero attached hydrogens (tertiary/aromatic N) is 2. The van der Waals surface area contributed by atoms with Crippen LogP contribution in [0.1, 0.15) is 17.3 Å². The van der Waals surface area contributed by atoms with Gasteiger partial charge in [0.2, 0.25) is 0 Å². The van der Waals surface area contributed by atoms with Crippen molar-refractivity contribution in [2.24, 2.45) is 12.9 Å². The fourth-order valence-electron chi connectivity index (χ4n) is 1.71. The molecule has 0 aliphatic heterocycles. The lowest BCUT2D eigenvalue weighted by Gasteiger charge is -2.16. The molecular formula is C11H13IN4. The van der Waals surface area contributed by atoms with Gasteiger partial charge in [-0.3, -0.25) is 10.5 Å². The van der Waals surface area contributed by atoms with Gasteiger partial charge in [0.15, 0.2) is 0 Å². The van der Waals surface area contributed by atoms with Crippen LogP contribution < -0.4 is 11.3 Å². The maximum Gasteiger partial charge on any atom is 0.0878 e. The third-order valence-electron chi connectivity index (χ3n) is 2.50. The van der Waals surface area contributed by atoms with E-state index in [1.54, 1.807) is 6.20 Å². The lowest BCUT2D eigenvalue weighted by molar-refractivity contribution is 0.575. The Hall–Kier alpha value is -0.920. The monoisotopic (exact) mass is 328 g/mol. The molecule has 0 saturated carbocycles. The molecule has 0 saturated heterocycles. The van der Waals surface area contributed by atoms with Gasteiger partial charge >= 0.3 is 0 Å². The van der Waals surface area contributed by atoms with Crippen molar-refractivity contribution in [3.05, 3.63) is 51.4 Å². The summed E-state index contributed by atoms with van der Waals surface area (Å²) in [5.41, 5.74) is 5.01. The van der Waals surface area contributed by atoms with Gasteiger partial charge in [0.25, 0.3) is 0 Å². The summed E-state index contributed by atoms with van der Waals surface area (Å²) < 4.78 is 3.02. The van der Waals surface area contributed by atoms with Gasteiger partial charge in [0.1, 0.15) is 0 Å². The summed E-state index contributed by atoms with van der Waals surface area (Å²) in [6.45, 7) is 0. The molecule has 1 aromatic heterocycles. The van der Waals surface area contributed by atoms with Crippen molar-refractivity contribution >= 4 is 22.6 Å². The van der Waals surface area contributed by atoms with Crippen molar-refractivity contribution in [3.63, 3.8) is 0 Å². The normalized spacial score (nSPS) is 12.7. The molecule has 0 aliphatic rings. The Morgan fingerprint density at radius 2 is 2.25 bits per heavy atom. The molecule has 0 spiro atoms. The van der Waals surface area contributed by atoms with Crippen molar-refractivity contribution in [3.8, 4) is 0 Å². The predicted octanol–water partition coefficient (Wildman–Crippen LogP) is 1.58. The molecule has 0 aliphatic carbocycles. The molecule has 1 atom stereocenters. The Bertz CT molecular complexity index is 480. The van der Waals surface area contributed by atoms with E-state index in [-0.39, 0.29) is 6.04 Å². The van der Waals surface area contributed by atoms with Crippen LogP contribution >= 0.6 is 22.6 Å². The van der Waals surface area contributed by atoms with Crippen LogP contribution in [-0.4, -0.2) is 9.78 Å². The molecule has 2 rings (SSSR count). The minimum Gasteiger partial charge on any atom is -0.271 e. The number of hydrogen-bond acceptors (Lipinski definition) is 3. The number of nitrogens with two attached hydrogens (primary N) is 1. The van der Waals surface area contributed by atoms with Crippen LogP contribution in [0.5, 0.6) is 0 Å². The standard InChI is InChI=1S/C11H13IN4/c1-16-10(5-6-14-16)11(15-13)8-3-2-4-9(12)7-8/h2-7,11,15H,13H2,1H3. The van der Waals surface area contributed by atoms with E-state index >= 15 is 0 Å². The highest BCUT2D eigenvalue weighted by Gasteiger charge is 2.15. The smallest absolute Gasteiger partial charge is 0.0878 e. The lowest BCUT2D eigenvalue weighted by Crippen LogP contribution is -2.30. The van der Waals surface area contributed by atoms with Gasteiger partial charge in [-0.1, -0.05) is 12.1 Å². The highest BCUT2D eigenvalue weighted by atomic mass is 127. The van der Waals surface area contributed by atoms with Crippen molar-refractivity contribution in [2.45, 2.75) is 6.04 Å². The summed E-state index contributed by atoms with van der Waals surface area (Å²) in [5, 5.41) is 4.15. The van der Waals surface area contributed by atoms with Crippen molar-refractivity contribution in [1.82, 2.24) is 15.2 Å². The Balaban J connectivity index is 2.40. The van der Waals surface area contributed by atoms with Crippen LogP contribution in [-0.2, 0) is 7.05 Å². The zero-order chi connectivity index (χ0) is 11.5. The van der Waals surface area contributed by atoms with E-state index in [2.05, 4.69) is 51.3 Å². The number of halogens is 1. The average Bonchev–Trinajstić information content (AvgIpc) is 2.67. The van der Waals surface area contributed by atoms with Crippen molar-refractivity contribution < 1.29 is 0 Å². The quantitative estimate of drug-likeness (QED) is 0.511. The molecular weight excluding hydrogens is 315 g/mol. The van der Waals surface area contributed by atoms with E-state index in [9.17, 15) is 0 Å². The number of aromatic nitrogens is 2. The fourth-order valence-corrected chi connectivity index (χ4v) is 2.27. The second-order valence-corrected chi connectivity index (χ2v) is 4.78. The van der Waals surface area contributed by atoms with E-state index in [1.165, 1.54) is 3.57 Å². The second-order valence-electron chi connectivity index (χ2n) is 3.53. The first kappa shape index (κ1) is 11.6. The summed E-state index contributed by atoms with van der Waals surface area (Å²) in [5.74, 6) is 5.62. The first-order chi connectivity index (χ1) is 7.72.